The van der Waals surface area contributed by atoms with Crippen LogP contribution in [-0.4, -0.2) is 44.8 Å². The van der Waals surface area contributed by atoms with E-state index in [1.165, 1.54) is 38.5 Å². The summed E-state index contributed by atoms with van der Waals surface area (Å²) >= 11 is 9.97. The number of nitrogens with zero attached hydrogens (tertiary/aromatic N) is 1. The van der Waals surface area contributed by atoms with Gasteiger partial charge in [-0.3, -0.25) is 4.99 Å². The highest BCUT2D eigenvalue weighted by Crippen LogP contribution is 2.42. The van der Waals surface area contributed by atoms with Crippen LogP contribution in [0, 0.1) is 11.8 Å². The van der Waals surface area contributed by atoms with Crippen molar-refractivity contribution in [1.82, 2.24) is 0 Å². The molecule has 0 saturated heterocycles. The number of rotatable bonds is 11. The van der Waals surface area contributed by atoms with Crippen LogP contribution in [0.5, 0.6) is 0 Å². The largest absolute Gasteiger partial charge is 0.393 e. The van der Waals surface area contributed by atoms with Crippen molar-refractivity contribution in [2.24, 2.45) is 16.8 Å². The molecule has 2 aliphatic rings. The van der Waals surface area contributed by atoms with Gasteiger partial charge >= 0.3 is 0 Å². The Balaban J connectivity index is 1.70. The van der Waals surface area contributed by atoms with Crippen LogP contribution >= 0.6 is 35.1 Å². The quantitative estimate of drug-likeness (QED) is 0.294. The van der Waals surface area contributed by atoms with Gasteiger partial charge in [0.2, 0.25) is 0 Å². The average molecular weight is 406 g/mol. The van der Waals surface area contributed by atoms with Gasteiger partial charge < -0.3 is 9.90 Å². The van der Waals surface area contributed by atoms with E-state index in [2.05, 4.69) is 11.9 Å². The lowest BCUT2D eigenvalue weighted by atomic mass is 9.87. The van der Waals surface area contributed by atoms with Gasteiger partial charge in [0.25, 0.3) is 0 Å². The molecule has 0 spiro atoms. The van der Waals surface area contributed by atoms with Crippen LogP contribution in [0.15, 0.2) is 4.99 Å². The van der Waals surface area contributed by atoms with E-state index in [0.717, 1.165) is 41.4 Å². The maximum Gasteiger partial charge on any atom is 0.145 e. The Morgan fingerprint density at radius 1 is 1.24 bits per heavy atom. The van der Waals surface area contributed by atoms with Crippen LogP contribution in [0.25, 0.3) is 0 Å². The lowest BCUT2D eigenvalue weighted by Crippen LogP contribution is -2.21. The monoisotopic (exact) mass is 405 g/mol. The van der Waals surface area contributed by atoms with Crippen molar-refractivity contribution in [2.45, 2.75) is 82.2 Å². The predicted octanol–water partition coefficient (Wildman–Crippen LogP) is 5.14. The van der Waals surface area contributed by atoms with E-state index in [1.54, 1.807) is 23.5 Å². The highest BCUT2D eigenvalue weighted by molar-refractivity contribution is 8.39. The molecule has 0 aromatic rings. The van der Waals surface area contributed by atoms with Gasteiger partial charge in [-0.05, 0) is 31.1 Å². The fourth-order valence-electron chi connectivity index (χ4n) is 3.89. The molecule has 1 saturated carbocycles. The van der Waals surface area contributed by atoms with Crippen LogP contribution in [-0.2, 0) is 4.79 Å². The number of hydrogen-bond donors (Lipinski definition) is 1. The number of aliphatic hydroxyl groups is 1. The zero-order valence-electron chi connectivity index (χ0n) is 15.2. The number of carbonyl (C=O) groups is 1. The van der Waals surface area contributed by atoms with Crippen molar-refractivity contribution >= 4 is 45.8 Å². The topological polar surface area (TPSA) is 49.7 Å². The maximum atomic E-state index is 10.8. The summed E-state index contributed by atoms with van der Waals surface area (Å²) in [4.78, 5) is 15.2. The first kappa shape index (κ1) is 21.6. The first-order chi connectivity index (χ1) is 12.2. The predicted molar refractivity (Wildman–Crippen MR) is 112 cm³/mol. The fraction of sp³-hybridized carbons (Fsp3) is 0.895. The van der Waals surface area contributed by atoms with E-state index in [9.17, 15) is 9.90 Å². The summed E-state index contributed by atoms with van der Waals surface area (Å²) in [5.41, 5.74) is 0. The Morgan fingerprint density at radius 2 is 2.00 bits per heavy atom. The zero-order chi connectivity index (χ0) is 18.1. The summed E-state index contributed by atoms with van der Waals surface area (Å²) in [6.45, 7) is 2.24. The third-order valence-corrected chi connectivity index (χ3v) is 8.21. The Hall–Kier alpha value is 0.290. The third kappa shape index (κ3) is 7.08. The smallest absolute Gasteiger partial charge is 0.145 e. The van der Waals surface area contributed by atoms with Crippen molar-refractivity contribution in [3.05, 3.63) is 0 Å². The van der Waals surface area contributed by atoms with Gasteiger partial charge in [0, 0.05) is 16.9 Å². The molecular formula is C19H32ClNO2S2. The molecule has 1 fully saturated rings. The minimum atomic E-state index is -0.231. The molecule has 25 heavy (non-hydrogen) atoms. The van der Waals surface area contributed by atoms with Gasteiger partial charge in [-0.2, -0.15) is 0 Å². The molecule has 0 amide bonds. The molecule has 3 unspecified atom stereocenters. The van der Waals surface area contributed by atoms with E-state index in [1.807, 2.05) is 0 Å². The summed E-state index contributed by atoms with van der Waals surface area (Å²) < 4.78 is 1.04. The van der Waals surface area contributed by atoms with Crippen molar-refractivity contribution in [3.63, 3.8) is 0 Å². The van der Waals surface area contributed by atoms with Gasteiger partial charge in [-0.15, -0.1) is 11.6 Å². The number of aliphatic hydroxyl groups excluding tert-OH is 1. The number of alkyl halides is 1. The first-order valence-corrected chi connectivity index (χ1v) is 12.2. The number of hydrogen-bond acceptors (Lipinski definition) is 5. The van der Waals surface area contributed by atoms with Crippen molar-refractivity contribution in [1.29, 1.82) is 0 Å². The Kier molecular flexibility index (Phi) is 10.3. The highest BCUT2D eigenvalue weighted by Gasteiger charge is 2.40. The summed E-state index contributed by atoms with van der Waals surface area (Å²) in [7, 11) is 0. The Morgan fingerprint density at radius 3 is 2.72 bits per heavy atom. The fourth-order valence-corrected chi connectivity index (χ4v) is 6.63. The standard InChI is InChI=1S/C19H32ClNO2S2/c1-2-3-4-5-6-7-8-16-15(17(20)11-18(16)23)9-10-24-19-21-14(12-22)13-25-19/h12,14-18,23H,2-11,13H2,1H3/t14?,15-,16?,17?,18-/m1/s1. The molecule has 0 bridgehead atoms. The van der Waals surface area contributed by atoms with E-state index < -0.39 is 0 Å². The second-order valence-corrected chi connectivity index (χ2v) is 10.2. The van der Waals surface area contributed by atoms with E-state index in [4.69, 9.17) is 11.6 Å². The van der Waals surface area contributed by atoms with Crippen molar-refractivity contribution in [2.75, 3.05) is 11.5 Å². The second kappa shape index (κ2) is 11.9. The van der Waals surface area contributed by atoms with Gasteiger partial charge in [0.1, 0.15) is 16.7 Å². The molecule has 1 heterocycles. The zero-order valence-corrected chi connectivity index (χ0v) is 17.6. The summed E-state index contributed by atoms with van der Waals surface area (Å²) in [5, 5.41) is 10.5. The maximum absolute atomic E-state index is 10.8. The van der Waals surface area contributed by atoms with Crippen LogP contribution < -0.4 is 0 Å². The van der Waals surface area contributed by atoms with E-state index in [-0.39, 0.29) is 17.5 Å². The van der Waals surface area contributed by atoms with Gasteiger partial charge in [-0.25, -0.2) is 0 Å². The van der Waals surface area contributed by atoms with E-state index in [0.29, 0.717) is 11.8 Å². The van der Waals surface area contributed by atoms with Crippen LogP contribution in [0.1, 0.15) is 64.7 Å². The molecule has 6 heteroatoms. The highest BCUT2D eigenvalue weighted by atomic mass is 35.5. The first-order valence-electron chi connectivity index (χ1n) is 9.76. The van der Waals surface area contributed by atoms with Crippen LogP contribution in [0.4, 0.5) is 0 Å². The lowest BCUT2D eigenvalue weighted by molar-refractivity contribution is -0.108. The van der Waals surface area contributed by atoms with Crippen LogP contribution in [0.3, 0.4) is 0 Å². The molecule has 3 nitrogen and oxygen atoms in total. The second-order valence-electron chi connectivity index (χ2n) is 7.25. The Bertz CT molecular complexity index is 436. The summed E-state index contributed by atoms with van der Waals surface area (Å²) in [5.74, 6) is 2.53. The minimum Gasteiger partial charge on any atom is -0.393 e. The Labute approximate surface area is 166 Å². The number of thioether (sulfide) groups is 2. The van der Waals surface area contributed by atoms with E-state index >= 15 is 0 Å². The minimum absolute atomic E-state index is 0.0987. The third-order valence-electron chi connectivity index (χ3n) is 5.35. The molecule has 5 atom stereocenters. The number of aliphatic imine (C=N–C) groups is 1. The number of halogens is 1. The number of aldehydes is 1. The molecule has 0 radical (unpaired) electrons. The van der Waals surface area contributed by atoms with Gasteiger partial charge in [0.15, 0.2) is 0 Å². The molecule has 1 N–H and O–H groups in total. The molecule has 0 aromatic carbocycles. The average Bonchev–Trinajstić information content (AvgIpc) is 3.16. The van der Waals surface area contributed by atoms with Crippen molar-refractivity contribution in [3.8, 4) is 0 Å². The molecule has 1 aliphatic heterocycles. The SMILES string of the molecule is CCCCCCCCC1[C@@H](CCSC2=NC(C=O)CS2)C(Cl)C[C@H]1O. The summed E-state index contributed by atoms with van der Waals surface area (Å²) in [6, 6.07) is -0.151. The van der Waals surface area contributed by atoms with Crippen molar-refractivity contribution < 1.29 is 9.90 Å². The molecule has 1 aliphatic carbocycles. The van der Waals surface area contributed by atoms with Gasteiger partial charge in [-0.1, -0.05) is 69.0 Å². The molecule has 0 aromatic heterocycles. The number of carbonyl (C=O) groups excluding carboxylic acids is 1. The number of unbranched alkanes of at least 4 members (excludes halogenated alkanes) is 5. The lowest BCUT2D eigenvalue weighted by Gasteiger charge is -2.23. The molecular weight excluding hydrogens is 374 g/mol. The van der Waals surface area contributed by atoms with Crippen LogP contribution in [0.2, 0.25) is 0 Å². The normalized spacial score (nSPS) is 32.1. The summed E-state index contributed by atoms with van der Waals surface area (Å²) in [6.07, 6.45) is 11.3. The molecule has 144 valence electrons. The van der Waals surface area contributed by atoms with Gasteiger partial charge in [0.05, 0.1) is 6.10 Å². The molecule has 2 rings (SSSR count).